The van der Waals surface area contributed by atoms with E-state index in [1.165, 1.54) is 32.1 Å². The predicted octanol–water partition coefficient (Wildman–Crippen LogP) is 3.70. The number of benzene rings is 1. The fourth-order valence-electron chi connectivity index (χ4n) is 3.78. The first-order valence-electron chi connectivity index (χ1n) is 8.02. The van der Waals surface area contributed by atoms with Gasteiger partial charge in [0.15, 0.2) is 0 Å². The number of hydrogen-bond acceptors (Lipinski definition) is 2. The summed E-state index contributed by atoms with van der Waals surface area (Å²) >= 11 is 0. The molecule has 0 aliphatic heterocycles. The largest absolute Gasteiger partial charge is 0.385 e. The maximum atomic E-state index is 11.0. The minimum Gasteiger partial charge on any atom is -0.385 e. The van der Waals surface area contributed by atoms with Crippen molar-refractivity contribution in [3.8, 4) is 0 Å². The molecule has 1 fully saturated rings. The van der Waals surface area contributed by atoms with Gasteiger partial charge in [-0.25, -0.2) is 0 Å². The van der Waals surface area contributed by atoms with Gasteiger partial charge < -0.3 is 10.4 Å². The van der Waals surface area contributed by atoms with E-state index < -0.39 is 5.60 Å². The summed E-state index contributed by atoms with van der Waals surface area (Å²) in [5, 5.41) is 14.5. The van der Waals surface area contributed by atoms with Crippen LogP contribution in [0.15, 0.2) is 30.3 Å². The zero-order valence-corrected chi connectivity index (χ0v) is 13.1. The van der Waals surface area contributed by atoms with Crippen LogP contribution < -0.4 is 5.32 Å². The molecule has 0 amide bonds. The molecule has 2 nitrogen and oxygen atoms in total. The highest BCUT2D eigenvalue weighted by Crippen LogP contribution is 2.37. The second-order valence-corrected chi connectivity index (χ2v) is 6.51. The van der Waals surface area contributed by atoms with E-state index >= 15 is 0 Å². The van der Waals surface area contributed by atoms with Crippen molar-refractivity contribution < 1.29 is 5.11 Å². The minimum atomic E-state index is -0.785. The fraction of sp³-hybridized carbons (Fsp3) is 0.667. The molecule has 0 spiro atoms. The lowest BCUT2D eigenvalue weighted by molar-refractivity contribution is -0.0258. The third kappa shape index (κ3) is 3.24. The molecule has 2 heteroatoms. The number of aliphatic hydroxyl groups is 1. The van der Waals surface area contributed by atoms with E-state index in [1.54, 1.807) is 0 Å². The van der Waals surface area contributed by atoms with E-state index in [0.717, 1.165) is 5.56 Å². The van der Waals surface area contributed by atoms with Crippen LogP contribution in [0.2, 0.25) is 0 Å². The van der Waals surface area contributed by atoms with Gasteiger partial charge in [0.25, 0.3) is 0 Å². The average molecular weight is 275 g/mol. The first-order valence-corrected chi connectivity index (χ1v) is 8.02. The highest BCUT2D eigenvalue weighted by atomic mass is 16.3. The Morgan fingerprint density at radius 2 is 1.75 bits per heavy atom. The topological polar surface area (TPSA) is 32.3 Å². The number of nitrogens with one attached hydrogen (secondary N) is 1. The Bertz CT molecular complexity index is 395. The molecule has 0 bridgehead atoms. The molecule has 1 saturated carbocycles. The van der Waals surface area contributed by atoms with Crippen LogP contribution in [0.3, 0.4) is 0 Å². The molecule has 0 aromatic heterocycles. The Balaban J connectivity index is 2.16. The summed E-state index contributed by atoms with van der Waals surface area (Å²) in [4.78, 5) is 0. The second kappa shape index (κ2) is 6.73. The quantitative estimate of drug-likeness (QED) is 0.859. The lowest BCUT2D eigenvalue weighted by atomic mass is 9.72. The van der Waals surface area contributed by atoms with Crippen LogP contribution in [-0.2, 0) is 5.60 Å². The van der Waals surface area contributed by atoms with Crippen LogP contribution in [0.25, 0.3) is 0 Å². The second-order valence-electron chi connectivity index (χ2n) is 6.51. The Kier molecular flexibility index (Phi) is 5.22. The van der Waals surface area contributed by atoms with Gasteiger partial charge in [-0.1, -0.05) is 56.5 Å². The molecule has 1 aliphatic carbocycles. The van der Waals surface area contributed by atoms with Gasteiger partial charge in [0.2, 0.25) is 0 Å². The van der Waals surface area contributed by atoms with Gasteiger partial charge in [-0.3, -0.25) is 0 Å². The monoisotopic (exact) mass is 275 g/mol. The van der Waals surface area contributed by atoms with Gasteiger partial charge in [0, 0.05) is 12.0 Å². The molecular formula is C18H29NO. The number of rotatable bonds is 5. The van der Waals surface area contributed by atoms with Gasteiger partial charge >= 0.3 is 0 Å². The standard InChI is InChI=1S/C18H29NO/c1-14(17(19-3)15-10-6-4-7-11-15)18(2,20)16-12-8-5-9-13-16/h5,8-9,12-15,17,19-20H,4,6-7,10-11H2,1-3H3/t14?,17-,18-/m1/s1. The Morgan fingerprint density at radius 3 is 2.30 bits per heavy atom. The fourth-order valence-corrected chi connectivity index (χ4v) is 3.78. The molecule has 0 heterocycles. The molecule has 20 heavy (non-hydrogen) atoms. The summed E-state index contributed by atoms with van der Waals surface area (Å²) in [5.41, 5.74) is 0.232. The van der Waals surface area contributed by atoms with Crippen molar-refractivity contribution in [3.63, 3.8) is 0 Å². The van der Waals surface area contributed by atoms with Gasteiger partial charge in [-0.15, -0.1) is 0 Å². The summed E-state index contributed by atoms with van der Waals surface area (Å²) in [7, 11) is 2.04. The summed E-state index contributed by atoms with van der Waals surface area (Å²) in [6.45, 7) is 4.14. The summed E-state index contributed by atoms with van der Waals surface area (Å²) in [6, 6.07) is 10.5. The highest BCUT2D eigenvalue weighted by molar-refractivity contribution is 5.22. The Morgan fingerprint density at radius 1 is 1.15 bits per heavy atom. The van der Waals surface area contributed by atoms with E-state index in [1.807, 2.05) is 44.3 Å². The van der Waals surface area contributed by atoms with Crippen molar-refractivity contribution in [3.05, 3.63) is 35.9 Å². The van der Waals surface area contributed by atoms with Crippen LogP contribution in [0.5, 0.6) is 0 Å². The molecule has 1 aromatic rings. The normalized spacial score (nSPS) is 23.0. The summed E-state index contributed by atoms with van der Waals surface area (Å²) < 4.78 is 0. The molecule has 1 unspecified atom stereocenters. The zero-order valence-electron chi connectivity index (χ0n) is 13.1. The molecular weight excluding hydrogens is 246 g/mol. The van der Waals surface area contributed by atoms with E-state index in [-0.39, 0.29) is 5.92 Å². The molecule has 1 aliphatic rings. The van der Waals surface area contributed by atoms with E-state index in [0.29, 0.717) is 12.0 Å². The van der Waals surface area contributed by atoms with Crippen molar-refractivity contribution in [1.29, 1.82) is 0 Å². The van der Waals surface area contributed by atoms with E-state index in [2.05, 4.69) is 12.2 Å². The Labute approximate surface area is 123 Å². The molecule has 1 aromatic carbocycles. The van der Waals surface area contributed by atoms with Crippen molar-refractivity contribution in [2.24, 2.45) is 11.8 Å². The smallest absolute Gasteiger partial charge is 0.0908 e. The third-order valence-electron chi connectivity index (χ3n) is 5.27. The minimum absolute atomic E-state index is 0.193. The molecule has 0 saturated heterocycles. The molecule has 3 atom stereocenters. The molecule has 112 valence electrons. The zero-order chi connectivity index (χ0) is 14.6. The molecule has 2 rings (SSSR count). The van der Waals surface area contributed by atoms with Crippen molar-refractivity contribution in [1.82, 2.24) is 5.32 Å². The van der Waals surface area contributed by atoms with Crippen LogP contribution in [0.1, 0.15) is 51.5 Å². The Hall–Kier alpha value is -0.860. The lowest BCUT2D eigenvalue weighted by Crippen LogP contribution is -2.48. The summed E-state index contributed by atoms with van der Waals surface area (Å²) in [5.74, 6) is 0.886. The maximum Gasteiger partial charge on any atom is 0.0908 e. The van der Waals surface area contributed by atoms with Gasteiger partial charge in [-0.2, -0.15) is 0 Å². The number of hydrogen-bond donors (Lipinski definition) is 2. The van der Waals surface area contributed by atoms with Crippen molar-refractivity contribution in [2.45, 2.75) is 57.6 Å². The van der Waals surface area contributed by atoms with Crippen LogP contribution in [0, 0.1) is 11.8 Å². The third-order valence-corrected chi connectivity index (χ3v) is 5.27. The van der Waals surface area contributed by atoms with Gasteiger partial charge in [0.1, 0.15) is 0 Å². The van der Waals surface area contributed by atoms with E-state index in [4.69, 9.17) is 0 Å². The van der Waals surface area contributed by atoms with Gasteiger partial charge in [0.05, 0.1) is 5.60 Å². The summed E-state index contributed by atoms with van der Waals surface area (Å²) in [6.07, 6.45) is 6.63. The maximum absolute atomic E-state index is 11.0. The first kappa shape index (κ1) is 15.5. The van der Waals surface area contributed by atoms with E-state index in [9.17, 15) is 5.11 Å². The first-order chi connectivity index (χ1) is 9.57. The molecule has 2 N–H and O–H groups in total. The van der Waals surface area contributed by atoms with Crippen molar-refractivity contribution >= 4 is 0 Å². The van der Waals surface area contributed by atoms with Crippen LogP contribution >= 0.6 is 0 Å². The average Bonchev–Trinajstić information content (AvgIpc) is 2.50. The lowest BCUT2D eigenvalue weighted by Gasteiger charge is -2.41. The highest BCUT2D eigenvalue weighted by Gasteiger charge is 2.38. The van der Waals surface area contributed by atoms with Gasteiger partial charge in [-0.05, 0) is 38.3 Å². The predicted molar refractivity (Wildman–Crippen MR) is 84.6 cm³/mol. The van der Waals surface area contributed by atoms with Crippen LogP contribution in [0.4, 0.5) is 0 Å². The van der Waals surface area contributed by atoms with Crippen molar-refractivity contribution in [2.75, 3.05) is 7.05 Å². The SMILES string of the molecule is CN[C@@H](C1CCCCC1)C(C)[C@@](C)(O)c1ccccc1. The van der Waals surface area contributed by atoms with Crippen LogP contribution in [-0.4, -0.2) is 18.2 Å². The molecule has 0 radical (unpaired) electrons.